The van der Waals surface area contributed by atoms with Gasteiger partial charge in [0.25, 0.3) is 5.91 Å². The van der Waals surface area contributed by atoms with Crippen molar-refractivity contribution >= 4 is 55.7 Å². The normalized spacial score (nSPS) is 14.0. The predicted molar refractivity (Wildman–Crippen MR) is 146 cm³/mol. The van der Waals surface area contributed by atoms with Gasteiger partial charge in [0.1, 0.15) is 0 Å². The van der Waals surface area contributed by atoms with Crippen molar-refractivity contribution in [3.63, 3.8) is 0 Å². The van der Waals surface area contributed by atoms with Crippen molar-refractivity contribution in [1.82, 2.24) is 14.4 Å². The van der Waals surface area contributed by atoms with Gasteiger partial charge >= 0.3 is 0 Å². The Hall–Kier alpha value is -3.89. The van der Waals surface area contributed by atoms with E-state index in [4.69, 9.17) is 10.5 Å². The Morgan fingerprint density at radius 1 is 1.11 bits per heavy atom. The lowest BCUT2D eigenvalue weighted by atomic mass is 10.2. The van der Waals surface area contributed by atoms with Gasteiger partial charge in [-0.2, -0.15) is 0 Å². The van der Waals surface area contributed by atoms with Crippen molar-refractivity contribution in [3.05, 3.63) is 72.0 Å². The minimum atomic E-state index is -0.203. The fourth-order valence-electron chi connectivity index (χ4n) is 4.00. The lowest BCUT2D eigenvalue weighted by Gasteiger charge is -2.14. The van der Waals surface area contributed by atoms with Crippen LogP contribution in [0.25, 0.3) is 16.2 Å². The number of fused-ring (bicyclic) bond motifs is 1. The highest BCUT2D eigenvalue weighted by Crippen LogP contribution is 2.37. The van der Waals surface area contributed by atoms with Gasteiger partial charge in [0.2, 0.25) is 0 Å². The summed E-state index contributed by atoms with van der Waals surface area (Å²) in [5, 5.41) is 7.72. The second kappa shape index (κ2) is 9.29. The Morgan fingerprint density at radius 2 is 1.97 bits per heavy atom. The van der Waals surface area contributed by atoms with Crippen molar-refractivity contribution in [1.29, 1.82) is 0 Å². The number of carbonyl (C=O) groups excluding carboxylic acids is 1. The third-order valence-corrected chi connectivity index (χ3v) is 8.06. The molecule has 1 aromatic carbocycles. The molecule has 1 atom stereocenters. The summed E-state index contributed by atoms with van der Waals surface area (Å²) in [4.78, 5) is 23.4. The molecule has 6 rings (SSSR count). The SMILES string of the molecule is CC(Oc1cccn2c(-c3cnc(Nc4ccc(C(=O)Nc5ccccc5N)s4)s3)cnc12)C1CC1. The number of nitrogens with one attached hydrogen (secondary N) is 2. The highest BCUT2D eigenvalue weighted by molar-refractivity contribution is 7.20. The molecule has 1 aliphatic rings. The van der Waals surface area contributed by atoms with Gasteiger partial charge in [-0.05, 0) is 62.1 Å². The molecule has 0 aliphatic heterocycles. The molecule has 1 saturated carbocycles. The summed E-state index contributed by atoms with van der Waals surface area (Å²) in [5.74, 6) is 1.24. The minimum absolute atomic E-state index is 0.193. The Labute approximate surface area is 215 Å². The summed E-state index contributed by atoms with van der Waals surface area (Å²) in [5.41, 5.74) is 8.81. The van der Waals surface area contributed by atoms with E-state index in [1.165, 1.54) is 35.5 Å². The van der Waals surface area contributed by atoms with Crippen molar-refractivity contribution < 1.29 is 9.53 Å². The van der Waals surface area contributed by atoms with Crippen LogP contribution in [0, 0.1) is 5.92 Å². The second-order valence-electron chi connectivity index (χ2n) is 8.73. The Bertz CT molecular complexity index is 1550. The molecule has 36 heavy (non-hydrogen) atoms. The number of anilines is 4. The quantitative estimate of drug-likeness (QED) is 0.210. The number of thiophene rings is 1. The molecule has 4 heterocycles. The molecule has 1 unspecified atom stereocenters. The zero-order valence-electron chi connectivity index (χ0n) is 19.5. The third kappa shape index (κ3) is 4.52. The van der Waals surface area contributed by atoms with Crippen LogP contribution in [-0.4, -0.2) is 26.4 Å². The number of rotatable bonds is 8. The summed E-state index contributed by atoms with van der Waals surface area (Å²) in [7, 11) is 0. The summed E-state index contributed by atoms with van der Waals surface area (Å²) < 4.78 is 8.24. The fraction of sp³-hybridized carbons (Fsp3) is 0.192. The van der Waals surface area contributed by atoms with E-state index in [-0.39, 0.29) is 12.0 Å². The van der Waals surface area contributed by atoms with E-state index in [2.05, 4.69) is 27.5 Å². The van der Waals surface area contributed by atoms with Crippen LogP contribution in [0.5, 0.6) is 5.75 Å². The van der Waals surface area contributed by atoms with Crippen LogP contribution >= 0.6 is 22.7 Å². The number of nitrogens with two attached hydrogens (primary N) is 1. The van der Waals surface area contributed by atoms with E-state index in [0.29, 0.717) is 22.2 Å². The molecular formula is C26H24N6O2S2. The molecule has 1 amide bonds. The van der Waals surface area contributed by atoms with Gasteiger partial charge in [-0.1, -0.05) is 23.5 Å². The molecule has 10 heteroatoms. The monoisotopic (exact) mass is 516 g/mol. The molecule has 0 spiro atoms. The lowest BCUT2D eigenvalue weighted by molar-refractivity contribution is 0.103. The maximum Gasteiger partial charge on any atom is 0.265 e. The van der Waals surface area contributed by atoms with Gasteiger partial charge in [-0.25, -0.2) is 9.97 Å². The number of hydrogen-bond donors (Lipinski definition) is 3. The molecule has 0 saturated heterocycles. The first-order valence-electron chi connectivity index (χ1n) is 11.7. The van der Waals surface area contributed by atoms with Crippen molar-refractivity contribution in [2.24, 2.45) is 5.92 Å². The first kappa shape index (κ1) is 22.6. The summed E-state index contributed by atoms with van der Waals surface area (Å²) >= 11 is 2.88. The van der Waals surface area contributed by atoms with E-state index in [1.807, 2.05) is 53.3 Å². The first-order valence-corrected chi connectivity index (χ1v) is 13.3. The maximum atomic E-state index is 12.6. The van der Waals surface area contributed by atoms with Crippen molar-refractivity contribution in [3.8, 4) is 16.3 Å². The van der Waals surface area contributed by atoms with E-state index >= 15 is 0 Å². The minimum Gasteiger partial charge on any atom is -0.487 e. The average molecular weight is 517 g/mol. The van der Waals surface area contributed by atoms with Crippen molar-refractivity contribution in [2.75, 3.05) is 16.4 Å². The molecular weight excluding hydrogens is 492 g/mol. The van der Waals surface area contributed by atoms with Crippen LogP contribution in [0.15, 0.2) is 67.1 Å². The molecule has 0 radical (unpaired) electrons. The number of benzene rings is 1. The molecule has 5 aromatic rings. The fourth-order valence-corrected chi connectivity index (χ4v) is 5.70. The number of imidazole rings is 1. The predicted octanol–water partition coefficient (Wildman–Crippen LogP) is 6.27. The van der Waals surface area contributed by atoms with Gasteiger partial charge in [0, 0.05) is 12.4 Å². The van der Waals surface area contributed by atoms with Gasteiger partial charge in [0.05, 0.1) is 44.1 Å². The molecule has 0 bridgehead atoms. The molecule has 4 aromatic heterocycles. The van der Waals surface area contributed by atoms with E-state index < -0.39 is 0 Å². The zero-order valence-corrected chi connectivity index (χ0v) is 21.1. The third-order valence-electron chi connectivity index (χ3n) is 6.13. The number of pyridine rings is 1. The van der Waals surface area contributed by atoms with Crippen LogP contribution in [0.1, 0.15) is 29.4 Å². The number of nitrogen functional groups attached to an aromatic ring is 1. The van der Waals surface area contributed by atoms with Crippen LogP contribution < -0.4 is 21.1 Å². The zero-order chi connectivity index (χ0) is 24.6. The topological polar surface area (TPSA) is 107 Å². The Morgan fingerprint density at radius 3 is 2.81 bits per heavy atom. The van der Waals surface area contributed by atoms with Gasteiger partial charge in [0.15, 0.2) is 16.5 Å². The molecule has 8 nitrogen and oxygen atoms in total. The summed E-state index contributed by atoms with van der Waals surface area (Å²) in [6, 6.07) is 14.8. The van der Waals surface area contributed by atoms with Gasteiger partial charge in [-0.3, -0.25) is 9.20 Å². The smallest absolute Gasteiger partial charge is 0.265 e. The number of para-hydroxylation sites is 2. The first-order chi connectivity index (χ1) is 17.5. The molecule has 1 fully saturated rings. The second-order valence-corrected chi connectivity index (χ2v) is 10.8. The van der Waals surface area contributed by atoms with Crippen LogP contribution in [0.2, 0.25) is 0 Å². The summed E-state index contributed by atoms with van der Waals surface area (Å²) in [6.45, 7) is 2.13. The Balaban J connectivity index is 1.17. The summed E-state index contributed by atoms with van der Waals surface area (Å²) in [6.07, 6.45) is 8.33. The molecule has 4 N–H and O–H groups in total. The number of thiazole rings is 1. The average Bonchev–Trinajstić information content (AvgIpc) is 3.24. The number of aromatic nitrogens is 3. The lowest BCUT2D eigenvalue weighted by Crippen LogP contribution is -2.14. The highest BCUT2D eigenvalue weighted by Gasteiger charge is 2.30. The maximum absolute atomic E-state index is 12.6. The standard InChI is InChI=1S/C26H24N6O2S2/c1-15(16-8-9-16)34-20-7-4-12-32-19(13-28-24(20)32)22-14-29-26(36-22)31-23-11-10-21(35-23)25(33)30-18-6-3-2-5-17(18)27/h2-7,10-16H,8-9,27H2,1H3,(H,29,31)(H,30,33). The van der Waals surface area contributed by atoms with E-state index in [0.717, 1.165) is 32.1 Å². The van der Waals surface area contributed by atoms with E-state index in [9.17, 15) is 4.79 Å². The van der Waals surface area contributed by atoms with Crippen LogP contribution in [-0.2, 0) is 0 Å². The van der Waals surface area contributed by atoms with E-state index in [1.54, 1.807) is 18.2 Å². The number of hydrogen-bond acceptors (Lipinski definition) is 8. The van der Waals surface area contributed by atoms with Gasteiger partial charge < -0.3 is 21.1 Å². The van der Waals surface area contributed by atoms with Gasteiger partial charge in [-0.15, -0.1) is 11.3 Å². The highest BCUT2D eigenvalue weighted by atomic mass is 32.1. The molecule has 1 aliphatic carbocycles. The molecule has 182 valence electrons. The number of amides is 1. The van der Waals surface area contributed by atoms with Crippen molar-refractivity contribution in [2.45, 2.75) is 25.9 Å². The van der Waals surface area contributed by atoms with Crippen LogP contribution in [0.4, 0.5) is 21.5 Å². The largest absolute Gasteiger partial charge is 0.487 e. The Kier molecular flexibility index (Phi) is 5.82. The number of ether oxygens (including phenoxy) is 1. The number of carbonyl (C=O) groups is 1. The number of nitrogens with zero attached hydrogens (tertiary/aromatic N) is 3. The van der Waals surface area contributed by atoms with Crippen LogP contribution in [0.3, 0.4) is 0 Å².